The molecule has 0 saturated heterocycles. The Morgan fingerprint density at radius 3 is 2.69 bits per heavy atom. The molecule has 1 aliphatic rings. The van der Waals surface area contributed by atoms with E-state index in [0.717, 1.165) is 16.1 Å². The summed E-state index contributed by atoms with van der Waals surface area (Å²) >= 11 is 1.37. The Kier molecular flexibility index (Phi) is 5.27. The summed E-state index contributed by atoms with van der Waals surface area (Å²) in [6.45, 7) is 1.81. The van der Waals surface area contributed by atoms with Crippen molar-refractivity contribution in [1.29, 1.82) is 0 Å². The van der Waals surface area contributed by atoms with Gasteiger partial charge in [-0.15, -0.1) is 11.8 Å². The normalized spacial score (nSPS) is 15.6. The highest BCUT2D eigenvalue weighted by molar-refractivity contribution is 8.01. The molecule has 2 aromatic rings. The first kappa shape index (κ1) is 18.0. The summed E-state index contributed by atoms with van der Waals surface area (Å²) in [5.41, 5.74) is 2.39. The van der Waals surface area contributed by atoms with Crippen molar-refractivity contribution in [2.24, 2.45) is 0 Å². The third-order valence-corrected chi connectivity index (χ3v) is 5.35. The number of anilines is 2. The van der Waals surface area contributed by atoms with Crippen LogP contribution in [0.15, 0.2) is 47.4 Å². The molecule has 0 radical (unpaired) electrons. The standard InChI is InChI=1S/C19H19N3O3S/c1-11-6-5-8-13(17(11)19(25)20-2)21-16(23)10-15-18(24)22-12-7-3-4-9-14(12)26-15/h3-9,15H,10H2,1-2H3,(H,20,25)(H,21,23)(H,22,24). The first-order chi connectivity index (χ1) is 12.5. The van der Waals surface area contributed by atoms with Crippen LogP contribution in [0.2, 0.25) is 0 Å². The van der Waals surface area contributed by atoms with Crippen LogP contribution >= 0.6 is 11.8 Å². The molecule has 0 aliphatic carbocycles. The van der Waals surface area contributed by atoms with Gasteiger partial charge >= 0.3 is 0 Å². The van der Waals surface area contributed by atoms with Crippen molar-refractivity contribution in [3.05, 3.63) is 53.6 Å². The number of amides is 3. The van der Waals surface area contributed by atoms with E-state index in [0.29, 0.717) is 11.3 Å². The van der Waals surface area contributed by atoms with Crippen LogP contribution in [0.5, 0.6) is 0 Å². The van der Waals surface area contributed by atoms with Gasteiger partial charge in [-0.25, -0.2) is 0 Å². The molecule has 1 aliphatic heterocycles. The zero-order valence-corrected chi connectivity index (χ0v) is 15.3. The summed E-state index contributed by atoms with van der Waals surface area (Å²) in [6, 6.07) is 12.7. The molecular weight excluding hydrogens is 350 g/mol. The highest BCUT2D eigenvalue weighted by atomic mass is 32.2. The molecule has 1 atom stereocenters. The molecule has 26 heavy (non-hydrogen) atoms. The minimum atomic E-state index is -0.516. The van der Waals surface area contributed by atoms with Crippen LogP contribution in [-0.4, -0.2) is 30.0 Å². The Balaban J connectivity index is 1.73. The fraction of sp³-hybridized carbons (Fsp3) is 0.211. The molecule has 7 heteroatoms. The molecule has 1 heterocycles. The number of hydrogen-bond donors (Lipinski definition) is 3. The molecule has 3 rings (SSSR count). The third kappa shape index (κ3) is 3.72. The van der Waals surface area contributed by atoms with Gasteiger partial charge in [0.15, 0.2) is 0 Å². The Morgan fingerprint density at radius 1 is 1.15 bits per heavy atom. The quantitative estimate of drug-likeness (QED) is 0.773. The Labute approximate surface area is 155 Å². The molecule has 3 N–H and O–H groups in total. The van der Waals surface area contributed by atoms with E-state index in [4.69, 9.17) is 0 Å². The molecule has 2 aromatic carbocycles. The number of fused-ring (bicyclic) bond motifs is 1. The van der Waals surface area contributed by atoms with E-state index in [2.05, 4.69) is 16.0 Å². The van der Waals surface area contributed by atoms with Crippen molar-refractivity contribution in [3.8, 4) is 0 Å². The molecule has 0 fully saturated rings. The summed E-state index contributed by atoms with van der Waals surface area (Å²) < 4.78 is 0. The number of benzene rings is 2. The van der Waals surface area contributed by atoms with E-state index in [1.165, 1.54) is 11.8 Å². The maximum absolute atomic E-state index is 12.5. The predicted octanol–water partition coefficient (Wildman–Crippen LogP) is 2.80. The van der Waals surface area contributed by atoms with Crippen LogP contribution in [0.1, 0.15) is 22.3 Å². The van der Waals surface area contributed by atoms with Crippen molar-refractivity contribution < 1.29 is 14.4 Å². The van der Waals surface area contributed by atoms with E-state index < -0.39 is 5.25 Å². The zero-order valence-electron chi connectivity index (χ0n) is 14.5. The lowest BCUT2D eigenvalue weighted by atomic mass is 10.1. The predicted molar refractivity (Wildman–Crippen MR) is 103 cm³/mol. The fourth-order valence-corrected chi connectivity index (χ4v) is 3.91. The number of hydrogen-bond acceptors (Lipinski definition) is 4. The van der Waals surface area contributed by atoms with Gasteiger partial charge < -0.3 is 16.0 Å². The number of aryl methyl sites for hydroxylation is 1. The zero-order chi connectivity index (χ0) is 18.7. The number of rotatable bonds is 4. The molecule has 3 amide bonds. The largest absolute Gasteiger partial charge is 0.355 e. The molecule has 0 spiro atoms. The van der Waals surface area contributed by atoms with Crippen molar-refractivity contribution in [2.75, 3.05) is 17.7 Å². The van der Waals surface area contributed by atoms with Crippen LogP contribution in [0.25, 0.3) is 0 Å². The van der Waals surface area contributed by atoms with Gasteiger partial charge in [0.2, 0.25) is 11.8 Å². The van der Waals surface area contributed by atoms with E-state index in [-0.39, 0.29) is 24.1 Å². The Morgan fingerprint density at radius 2 is 1.92 bits per heavy atom. The number of nitrogens with one attached hydrogen (secondary N) is 3. The van der Waals surface area contributed by atoms with Crippen LogP contribution in [0, 0.1) is 6.92 Å². The molecule has 0 aromatic heterocycles. The average Bonchev–Trinajstić information content (AvgIpc) is 2.62. The fourth-order valence-electron chi connectivity index (χ4n) is 2.79. The topological polar surface area (TPSA) is 87.3 Å². The van der Waals surface area contributed by atoms with Crippen LogP contribution in [0.4, 0.5) is 11.4 Å². The summed E-state index contributed by atoms with van der Waals surface area (Å²) in [6.07, 6.45) is 0.0198. The molecule has 1 unspecified atom stereocenters. The average molecular weight is 369 g/mol. The second-order valence-electron chi connectivity index (χ2n) is 5.92. The molecule has 0 bridgehead atoms. The highest BCUT2D eigenvalue weighted by Gasteiger charge is 2.29. The highest BCUT2D eigenvalue weighted by Crippen LogP contribution is 2.36. The smallest absolute Gasteiger partial charge is 0.253 e. The van der Waals surface area contributed by atoms with Gasteiger partial charge in [0.25, 0.3) is 5.91 Å². The minimum absolute atomic E-state index is 0.0198. The van der Waals surface area contributed by atoms with Crippen LogP contribution < -0.4 is 16.0 Å². The maximum atomic E-state index is 12.5. The summed E-state index contributed by atoms with van der Waals surface area (Å²) in [5, 5.41) is 7.65. The van der Waals surface area contributed by atoms with E-state index in [1.807, 2.05) is 37.3 Å². The number of carbonyl (C=O) groups excluding carboxylic acids is 3. The first-order valence-electron chi connectivity index (χ1n) is 8.17. The van der Waals surface area contributed by atoms with Gasteiger partial charge in [-0.2, -0.15) is 0 Å². The van der Waals surface area contributed by atoms with E-state index >= 15 is 0 Å². The number of carbonyl (C=O) groups is 3. The van der Waals surface area contributed by atoms with Gasteiger partial charge in [0, 0.05) is 18.4 Å². The number of para-hydroxylation sites is 1. The Bertz CT molecular complexity index is 882. The first-order valence-corrected chi connectivity index (χ1v) is 9.05. The third-order valence-electron chi connectivity index (χ3n) is 4.08. The van der Waals surface area contributed by atoms with Crippen molar-refractivity contribution >= 4 is 40.9 Å². The summed E-state index contributed by atoms with van der Waals surface area (Å²) in [4.78, 5) is 37.7. The van der Waals surface area contributed by atoms with Crippen LogP contribution in [0.3, 0.4) is 0 Å². The molecule has 0 saturated carbocycles. The molecular formula is C19H19N3O3S. The molecule has 6 nitrogen and oxygen atoms in total. The lowest BCUT2D eigenvalue weighted by Crippen LogP contribution is -2.32. The van der Waals surface area contributed by atoms with Crippen molar-refractivity contribution in [2.45, 2.75) is 23.5 Å². The Hall–Kier alpha value is -2.80. The maximum Gasteiger partial charge on any atom is 0.253 e. The molecule has 134 valence electrons. The van der Waals surface area contributed by atoms with Crippen molar-refractivity contribution in [1.82, 2.24) is 5.32 Å². The lowest BCUT2D eigenvalue weighted by molar-refractivity contribution is -0.120. The lowest BCUT2D eigenvalue weighted by Gasteiger charge is -2.23. The van der Waals surface area contributed by atoms with Crippen molar-refractivity contribution in [3.63, 3.8) is 0 Å². The second-order valence-corrected chi connectivity index (χ2v) is 7.17. The van der Waals surface area contributed by atoms with Gasteiger partial charge in [0.05, 0.1) is 22.2 Å². The number of thioether (sulfide) groups is 1. The monoisotopic (exact) mass is 369 g/mol. The van der Waals surface area contributed by atoms with Gasteiger partial charge in [-0.1, -0.05) is 24.3 Å². The van der Waals surface area contributed by atoms with Gasteiger partial charge in [-0.05, 0) is 30.7 Å². The van der Waals surface area contributed by atoms with Crippen LogP contribution in [-0.2, 0) is 9.59 Å². The van der Waals surface area contributed by atoms with E-state index in [1.54, 1.807) is 19.2 Å². The summed E-state index contributed by atoms with van der Waals surface area (Å²) in [7, 11) is 1.54. The summed E-state index contributed by atoms with van der Waals surface area (Å²) in [5.74, 6) is -0.774. The minimum Gasteiger partial charge on any atom is -0.355 e. The SMILES string of the molecule is CNC(=O)c1c(C)cccc1NC(=O)CC1Sc2ccccc2NC1=O. The van der Waals surface area contributed by atoms with Gasteiger partial charge in [0.1, 0.15) is 0 Å². The second kappa shape index (κ2) is 7.61. The van der Waals surface area contributed by atoms with Gasteiger partial charge in [-0.3, -0.25) is 14.4 Å². The van der Waals surface area contributed by atoms with E-state index in [9.17, 15) is 14.4 Å².